The molecule has 0 N–H and O–H groups in total. The fraction of sp³-hybridized carbons (Fsp3) is 0.375. The summed E-state index contributed by atoms with van der Waals surface area (Å²) in [4.78, 5) is 30.0. The van der Waals surface area contributed by atoms with Gasteiger partial charge in [-0.05, 0) is 31.2 Å². The zero-order valence-corrected chi connectivity index (χ0v) is 22.3. The number of hydrogen-bond acceptors (Lipinski definition) is 9. The Hall–Kier alpha value is -3.26. The quantitative estimate of drug-likeness (QED) is 0.391. The first kappa shape index (κ1) is 26.8. The summed E-state index contributed by atoms with van der Waals surface area (Å²) < 4.78 is 50.5. The van der Waals surface area contributed by atoms with Crippen LogP contribution in [0.1, 0.15) is 17.3 Å². The predicted octanol–water partition coefficient (Wildman–Crippen LogP) is 2.05. The maximum atomic E-state index is 13.0. The SMILES string of the molecule is CCOC(=O)Cn1c(=NC(=O)c2ccc(S(=O)(=O)N3CCOCC3)cc2)sc2cc(OC)c(OC)cc21. The van der Waals surface area contributed by atoms with Gasteiger partial charge in [-0.25, -0.2) is 8.42 Å². The van der Waals surface area contributed by atoms with Gasteiger partial charge in [0.1, 0.15) is 6.54 Å². The van der Waals surface area contributed by atoms with Crippen molar-refractivity contribution in [2.75, 3.05) is 47.1 Å². The van der Waals surface area contributed by atoms with Crippen molar-refractivity contribution in [1.29, 1.82) is 0 Å². The van der Waals surface area contributed by atoms with Crippen molar-refractivity contribution in [3.63, 3.8) is 0 Å². The normalized spacial score (nSPS) is 15.1. The van der Waals surface area contributed by atoms with Gasteiger partial charge in [0.15, 0.2) is 16.3 Å². The number of rotatable bonds is 8. The first-order valence-electron chi connectivity index (χ1n) is 11.5. The lowest BCUT2D eigenvalue weighted by Gasteiger charge is -2.26. The maximum absolute atomic E-state index is 13.0. The molecule has 1 aliphatic heterocycles. The molecule has 0 unspecified atom stereocenters. The molecule has 2 aromatic carbocycles. The van der Waals surface area contributed by atoms with Crippen molar-refractivity contribution in [3.05, 3.63) is 46.8 Å². The van der Waals surface area contributed by atoms with Crippen LogP contribution in [-0.4, -0.2) is 76.3 Å². The number of methoxy groups -OCH3 is 2. The molecular formula is C24H27N3O8S2. The van der Waals surface area contributed by atoms with E-state index in [2.05, 4.69) is 4.99 Å². The number of morpholine rings is 1. The number of carbonyl (C=O) groups is 2. The van der Waals surface area contributed by atoms with Gasteiger partial charge in [-0.2, -0.15) is 9.30 Å². The smallest absolute Gasteiger partial charge is 0.326 e. The fourth-order valence-corrected chi connectivity index (χ4v) is 6.27. The molecule has 198 valence electrons. The van der Waals surface area contributed by atoms with Crippen molar-refractivity contribution < 1.29 is 37.0 Å². The van der Waals surface area contributed by atoms with Crippen LogP contribution < -0.4 is 14.3 Å². The first-order chi connectivity index (χ1) is 17.8. The van der Waals surface area contributed by atoms with Gasteiger partial charge in [-0.3, -0.25) is 9.59 Å². The van der Waals surface area contributed by atoms with Crippen LogP contribution in [0, 0.1) is 0 Å². The van der Waals surface area contributed by atoms with Crippen LogP contribution in [-0.2, 0) is 30.8 Å². The molecule has 0 saturated carbocycles. The van der Waals surface area contributed by atoms with Crippen molar-refractivity contribution in [2.45, 2.75) is 18.4 Å². The van der Waals surface area contributed by atoms with E-state index in [9.17, 15) is 18.0 Å². The Labute approximate surface area is 217 Å². The van der Waals surface area contributed by atoms with E-state index in [1.807, 2.05) is 0 Å². The lowest BCUT2D eigenvalue weighted by molar-refractivity contribution is -0.143. The largest absolute Gasteiger partial charge is 0.493 e. The van der Waals surface area contributed by atoms with Gasteiger partial charge in [0.25, 0.3) is 5.91 Å². The molecule has 4 rings (SSSR count). The zero-order chi connectivity index (χ0) is 26.6. The molecule has 1 aromatic heterocycles. The summed E-state index contributed by atoms with van der Waals surface area (Å²) in [6, 6.07) is 9.08. The Morgan fingerprint density at radius 3 is 2.32 bits per heavy atom. The Morgan fingerprint density at radius 2 is 1.70 bits per heavy atom. The third-order valence-electron chi connectivity index (χ3n) is 5.69. The predicted molar refractivity (Wildman–Crippen MR) is 135 cm³/mol. The second-order valence-electron chi connectivity index (χ2n) is 7.91. The van der Waals surface area contributed by atoms with Crippen LogP contribution in [0.2, 0.25) is 0 Å². The van der Waals surface area contributed by atoms with E-state index in [0.717, 1.165) is 4.70 Å². The van der Waals surface area contributed by atoms with Gasteiger partial charge in [-0.1, -0.05) is 11.3 Å². The monoisotopic (exact) mass is 549 g/mol. The lowest BCUT2D eigenvalue weighted by Crippen LogP contribution is -2.40. The summed E-state index contributed by atoms with van der Waals surface area (Å²) in [7, 11) is -0.666. The van der Waals surface area contributed by atoms with Gasteiger partial charge < -0.3 is 23.5 Å². The van der Waals surface area contributed by atoms with Crippen LogP contribution in [0.25, 0.3) is 10.2 Å². The number of fused-ring (bicyclic) bond motifs is 1. The van der Waals surface area contributed by atoms with Crippen molar-refractivity contribution >= 4 is 43.5 Å². The number of benzene rings is 2. The van der Waals surface area contributed by atoms with Crippen molar-refractivity contribution in [2.24, 2.45) is 4.99 Å². The molecule has 11 nitrogen and oxygen atoms in total. The summed E-state index contributed by atoms with van der Waals surface area (Å²) >= 11 is 1.20. The number of amides is 1. The van der Waals surface area contributed by atoms with Crippen molar-refractivity contribution in [1.82, 2.24) is 8.87 Å². The van der Waals surface area contributed by atoms with Gasteiger partial charge in [0.2, 0.25) is 10.0 Å². The molecule has 13 heteroatoms. The van der Waals surface area contributed by atoms with Crippen LogP contribution in [0.3, 0.4) is 0 Å². The minimum absolute atomic E-state index is 0.0874. The molecule has 1 aliphatic rings. The van der Waals surface area contributed by atoms with Gasteiger partial charge in [-0.15, -0.1) is 0 Å². The number of hydrogen-bond donors (Lipinski definition) is 0. The Kier molecular flexibility index (Phi) is 8.27. The van der Waals surface area contributed by atoms with Crippen molar-refractivity contribution in [3.8, 4) is 11.5 Å². The van der Waals surface area contributed by atoms with E-state index < -0.39 is 21.9 Å². The molecule has 1 fully saturated rings. The molecule has 0 aliphatic carbocycles. The number of esters is 1. The van der Waals surface area contributed by atoms with Crippen LogP contribution in [0.15, 0.2) is 46.3 Å². The summed E-state index contributed by atoms with van der Waals surface area (Å²) in [6.07, 6.45) is 0. The minimum atomic E-state index is -3.69. The molecule has 0 spiro atoms. The van der Waals surface area contributed by atoms with Crippen LogP contribution >= 0.6 is 11.3 Å². The van der Waals surface area contributed by atoms with E-state index in [-0.39, 0.29) is 41.5 Å². The second kappa shape index (κ2) is 11.4. The molecule has 37 heavy (non-hydrogen) atoms. The first-order valence-corrected chi connectivity index (χ1v) is 13.7. The molecule has 0 bridgehead atoms. The highest BCUT2D eigenvalue weighted by Crippen LogP contribution is 2.33. The summed E-state index contributed by atoms with van der Waals surface area (Å²) in [6.45, 7) is 3.00. The Morgan fingerprint density at radius 1 is 1.05 bits per heavy atom. The summed E-state index contributed by atoms with van der Waals surface area (Å²) in [5, 5.41) is 0. The van der Waals surface area contributed by atoms with Gasteiger partial charge in [0, 0.05) is 30.8 Å². The molecule has 3 aromatic rings. The highest BCUT2D eigenvalue weighted by atomic mass is 32.2. The third-order valence-corrected chi connectivity index (χ3v) is 8.64. The highest BCUT2D eigenvalue weighted by Gasteiger charge is 2.26. The summed E-state index contributed by atoms with van der Waals surface area (Å²) in [5.74, 6) is -0.114. The lowest BCUT2D eigenvalue weighted by atomic mass is 10.2. The maximum Gasteiger partial charge on any atom is 0.326 e. The molecule has 0 atom stereocenters. The summed E-state index contributed by atoms with van der Waals surface area (Å²) in [5.41, 5.74) is 0.824. The zero-order valence-electron chi connectivity index (χ0n) is 20.6. The molecule has 1 amide bonds. The van der Waals surface area contributed by atoms with Gasteiger partial charge in [0.05, 0.1) is 49.2 Å². The standard InChI is InChI=1S/C24H27N3O8S2/c1-4-35-22(28)15-27-18-13-19(32-2)20(33-3)14-21(18)36-24(27)25-23(29)16-5-7-17(8-6-16)37(30,31)26-9-11-34-12-10-26/h5-8,13-14H,4,9-12,15H2,1-3H3. The number of carbonyl (C=O) groups excluding carboxylic acids is 2. The number of nitrogens with zero attached hydrogens (tertiary/aromatic N) is 3. The Balaban J connectivity index is 1.71. The number of sulfonamides is 1. The molecule has 0 radical (unpaired) electrons. The van der Waals surface area contributed by atoms with E-state index >= 15 is 0 Å². The topological polar surface area (TPSA) is 126 Å². The molecular weight excluding hydrogens is 522 g/mol. The number of thiazole rings is 1. The van der Waals surface area contributed by atoms with Crippen LogP contribution in [0.5, 0.6) is 11.5 Å². The third kappa shape index (κ3) is 5.69. The minimum Gasteiger partial charge on any atom is -0.493 e. The highest BCUT2D eigenvalue weighted by molar-refractivity contribution is 7.89. The average molecular weight is 550 g/mol. The second-order valence-corrected chi connectivity index (χ2v) is 10.9. The van der Waals surface area contributed by atoms with E-state index in [4.69, 9.17) is 18.9 Å². The van der Waals surface area contributed by atoms with E-state index in [1.165, 1.54) is 54.1 Å². The fourth-order valence-electron chi connectivity index (χ4n) is 3.83. The van der Waals surface area contributed by atoms with E-state index in [0.29, 0.717) is 30.2 Å². The number of aromatic nitrogens is 1. The van der Waals surface area contributed by atoms with Crippen LogP contribution in [0.4, 0.5) is 0 Å². The average Bonchev–Trinajstić information content (AvgIpc) is 3.23. The molecule has 1 saturated heterocycles. The van der Waals surface area contributed by atoms with E-state index in [1.54, 1.807) is 23.6 Å². The Bertz CT molecular complexity index is 1470. The van der Waals surface area contributed by atoms with Gasteiger partial charge >= 0.3 is 5.97 Å². The number of ether oxygens (including phenoxy) is 4. The molecule has 2 heterocycles.